The second kappa shape index (κ2) is 10.9. The van der Waals surface area contributed by atoms with Crippen LogP contribution in [0.1, 0.15) is 43.2 Å². The lowest BCUT2D eigenvalue weighted by molar-refractivity contribution is -0.143. The minimum Gasteiger partial charge on any atom is -0.333 e. The maximum Gasteiger partial charge on any atom is 0.416 e. The zero-order valence-corrected chi connectivity index (χ0v) is 14.8. The lowest BCUT2D eigenvalue weighted by Gasteiger charge is -2.18. The SMILES string of the molecule is CN.FC(F)(F)c1cc(S)cc(C(F)(F)F)c1.NCC1CCCCC1. The van der Waals surface area contributed by atoms with Gasteiger partial charge in [-0.05, 0) is 50.6 Å². The molecule has 1 aliphatic rings. The molecule has 0 unspecified atom stereocenters. The van der Waals surface area contributed by atoms with Gasteiger partial charge in [-0.25, -0.2) is 0 Å². The number of benzene rings is 1. The van der Waals surface area contributed by atoms with Gasteiger partial charge in [-0.3, -0.25) is 0 Å². The molecule has 4 N–H and O–H groups in total. The van der Waals surface area contributed by atoms with Gasteiger partial charge in [0.1, 0.15) is 0 Å². The van der Waals surface area contributed by atoms with Crippen LogP contribution in [-0.4, -0.2) is 13.6 Å². The van der Waals surface area contributed by atoms with E-state index in [0.29, 0.717) is 12.1 Å². The summed E-state index contributed by atoms with van der Waals surface area (Å²) in [4.78, 5) is -0.378. The first-order chi connectivity index (χ1) is 11.5. The molecule has 0 saturated heterocycles. The maximum absolute atomic E-state index is 12.1. The Morgan fingerprint density at radius 2 is 1.28 bits per heavy atom. The van der Waals surface area contributed by atoms with E-state index in [1.165, 1.54) is 39.2 Å². The van der Waals surface area contributed by atoms with Crippen molar-refractivity contribution in [3.63, 3.8) is 0 Å². The van der Waals surface area contributed by atoms with Gasteiger partial charge in [-0.15, -0.1) is 12.6 Å². The standard InChI is InChI=1S/C8H4F6S.C7H15N.CH5N/c9-7(10,11)4-1-5(8(12,13)14)3-6(15)2-4;8-6-7-4-2-1-3-5-7;1-2/h1-3,15H;7H,1-6,8H2;2H2,1H3. The lowest BCUT2D eigenvalue weighted by Crippen LogP contribution is -2.16. The topological polar surface area (TPSA) is 52.0 Å². The molecule has 0 radical (unpaired) electrons. The minimum atomic E-state index is -4.81. The smallest absolute Gasteiger partial charge is 0.333 e. The molecule has 0 amide bonds. The zero-order chi connectivity index (χ0) is 19.7. The molecule has 25 heavy (non-hydrogen) atoms. The number of nitrogens with two attached hydrogens (primary N) is 2. The molecule has 2 nitrogen and oxygen atoms in total. The Bertz CT molecular complexity index is 464. The largest absolute Gasteiger partial charge is 0.416 e. The quantitative estimate of drug-likeness (QED) is 0.461. The van der Waals surface area contributed by atoms with Crippen molar-refractivity contribution in [3.8, 4) is 0 Å². The maximum atomic E-state index is 12.1. The van der Waals surface area contributed by atoms with Crippen LogP contribution in [0.2, 0.25) is 0 Å². The van der Waals surface area contributed by atoms with Crippen LogP contribution in [0.25, 0.3) is 0 Å². The fourth-order valence-corrected chi connectivity index (χ4v) is 2.64. The number of halogens is 6. The summed E-state index contributed by atoms with van der Waals surface area (Å²) in [6.07, 6.45) is -2.56. The Morgan fingerprint density at radius 3 is 1.56 bits per heavy atom. The van der Waals surface area contributed by atoms with Crippen LogP contribution >= 0.6 is 12.6 Å². The number of hydrogen-bond acceptors (Lipinski definition) is 3. The lowest BCUT2D eigenvalue weighted by atomic mass is 9.90. The van der Waals surface area contributed by atoms with E-state index in [1.807, 2.05) is 0 Å². The molecule has 1 aromatic carbocycles. The number of thiol groups is 1. The molecular formula is C16H24F6N2S. The summed E-state index contributed by atoms with van der Waals surface area (Å²) in [6.45, 7) is 0.917. The summed E-state index contributed by atoms with van der Waals surface area (Å²) in [5.74, 6) is 0.865. The molecule has 0 spiro atoms. The van der Waals surface area contributed by atoms with Crippen LogP contribution in [0.15, 0.2) is 23.1 Å². The van der Waals surface area contributed by atoms with Gasteiger partial charge >= 0.3 is 12.4 Å². The third-order valence-corrected chi connectivity index (χ3v) is 3.89. The van der Waals surface area contributed by atoms with Crippen LogP contribution < -0.4 is 11.5 Å². The van der Waals surface area contributed by atoms with Crippen LogP contribution in [0.3, 0.4) is 0 Å². The molecule has 0 heterocycles. The van der Waals surface area contributed by atoms with Crippen LogP contribution in [0, 0.1) is 5.92 Å². The summed E-state index contributed by atoms with van der Waals surface area (Å²) >= 11 is 3.49. The van der Waals surface area contributed by atoms with Crippen molar-refractivity contribution >= 4 is 12.6 Å². The highest BCUT2D eigenvalue weighted by Gasteiger charge is 2.36. The molecule has 1 aliphatic carbocycles. The Labute approximate surface area is 149 Å². The molecule has 0 bridgehead atoms. The third kappa shape index (κ3) is 9.37. The van der Waals surface area contributed by atoms with Gasteiger partial charge in [0.05, 0.1) is 11.1 Å². The molecule has 1 fully saturated rings. The van der Waals surface area contributed by atoms with Gasteiger partial charge < -0.3 is 11.5 Å². The summed E-state index contributed by atoms with van der Waals surface area (Å²) in [5.41, 5.74) is 7.29. The fraction of sp³-hybridized carbons (Fsp3) is 0.625. The second-order valence-corrected chi connectivity index (χ2v) is 6.02. The summed E-state index contributed by atoms with van der Waals surface area (Å²) in [6, 6.07) is 1.14. The van der Waals surface area contributed by atoms with E-state index in [4.69, 9.17) is 5.73 Å². The van der Waals surface area contributed by atoms with Crippen molar-refractivity contribution < 1.29 is 26.3 Å². The number of alkyl halides is 6. The molecule has 2 rings (SSSR count). The predicted octanol–water partition coefficient (Wildman–Crippen LogP) is 5.11. The van der Waals surface area contributed by atoms with E-state index >= 15 is 0 Å². The molecule has 1 aromatic rings. The van der Waals surface area contributed by atoms with E-state index in [9.17, 15) is 26.3 Å². The normalized spacial score (nSPS) is 15.6. The van der Waals surface area contributed by atoms with Crippen LogP contribution in [0.5, 0.6) is 0 Å². The van der Waals surface area contributed by atoms with E-state index in [-0.39, 0.29) is 11.0 Å². The van der Waals surface area contributed by atoms with E-state index < -0.39 is 23.5 Å². The van der Waals surface area contributed by atoms with Gasteiger partial charge in [-0.1, -0.05) is 19.3 Å². The third-order valence-electron chi connectivity index (χ3n) is 3.63. The van der Waals surface area contributed by atoms with E-state index in [2.05, 4.69) is 18.4 Å². The first-order valence-corrected chi connectivity index (χ1v) is 8.25. The fourth-order valence-electron chi connectivity index (χ4n) is 2.36. The highest BCUT2D eigenvalue weighted by molar-refractivity contribution is 7.80. The second-order valence-electron chi connectivity index (χ2n) is 5.50. The van der Waals surface area contributed by atoms with Gasteiger partial charge in [0.2, 0.25) is 0 Å². The van der Waals surface area contributed by atoms with Crippen LogP contribution in [0.4, 0.5) is 26.3 Å². The number of hydrogen-bond donors (Lipinski definition) is 3. The molecular weight excluding hydrogens is 366 g/mol. The molecule has 146 valence electrons. The van der Waals surface area contributed by atoms with Crippen molar-refractivity contribution in [3.05, 3.63) is 29.3 Å². The van der Waals surface area contributed by atoms with Gasteiger partial charge in [0, 0.05) is 4.90 Å². The van der Waals surface area contributed by atoms with Gasteiger partial charge in [-0.2, -0.15) is 26.3 Å². The summed E-state index contributed by atoms with van der Waals surface area (Å²) in [5, 5.41) is 0. The van der Waals surface area contributed by atoms with E-state index in [1.54, 1.807) is 0 Å². The van der Waals surface area contributed by atoms with Gasteiger partial charge in [0.15, 0.2) is 0 Å². The summed E-state index contributed by atoms with van der Waals surface area (Å²) < 4.78 is 72.8. The molecule has 0 aliphatic heterocycles. The Hall–Kier alpha value is -0.930. The first-order valence-electron chi connectivity index (χ1n) is 7.80. The predicted molar refractivity (Wildman–Crippen MR) is 89.4 cm³/mol. The average Bonchev–Trinajstić information content (AvgIpc) is 2.56. The highest BCUT2D eigenvalue weighted by Crippen LogP contribution is 2.36. The van der Waals surface area contributed by atoms with E-state index in [0.717, 1.165) is 12.5 Å². The monoisotopic (exact) mass is 390 g/mol. The average molecular weight is 390 g/mol. The Kier molecular flexibility index (Phi) is 10.5. The van der Waals surface area contributed by atoms with Crippen molar-refractivity contribution in [2.75, 3.05) is 13.6 Å². The first kappa shape index (κ1) is 24.1. The molecule has 0 aromatic heterocycles. The minimum absolute atomic E-state index is 0.0553. The van der Waals surface area contributed by atoms with Crippen molar-refractivity contribution in [2.45, 2.75) is 49.4 Å². The molecule has 1 saturated carbocycles. The van der Waals surface area contributed by atoms with Crippen LogP contribution in [-0.2, 0) is 12.4 Å². The molecule has 9 heteroatoms. The Morgan fingerprint density at radius 1 is 0.880 bits per heavy atom. The summed E-state index contributed by atoms with van der Waals surface area (Å²) in [7, 11) is 1.50. The molecule has 0 atom stereocenters. The van der Waals surface area contributed by atoms with Crippen molar-refractivity contribution in [1.29, 1.82) is 0 Å². The zero-order valence-electron chi connectivity index (χ0n) is 13.9. The Balaban J connectivity index is 0.000000483. The van der Waals surface area contributed by atoms with Crippen molar-refractivity contribution in [2.24, 2.45) is 17.4 Å². The van der Waals surface area contributed by atoms with Crippen molar-refractivity contribution in [1.82, 2.24) is 0 Å². The number of rotatable bonds is 1. The van der Waals surface area contributed by atoms with Gasteiger partial charge in [0.25, 0.3) is 0 Å². The highest BCUT2D eigenvalue weighted by atomic mass is 32.1.